The van der Waals surface area contributed by atoms with Gasteiger partial charge in [0.15, 0.2) is 5.15 Å². The van der Waals surface area contributed by atoms with Crippen molar-refractivity contribution in [3.05, 3.63) is 28.6 Å². The zero-order valence-corrected chi connectivity index (χ0v) is 21.5. The maximum atomic E-state index is 6.53. The van der Waals surface area contributed by atoms with Gasteiger partial charge in [-0.05, 0) is 56.9 Å². The van der Waals surface area contributed by atoms with Crippen molar-refractivity contribution in [2.45, 2.75) is 63.1 Å². The molecule has 3 N–H and O–H groups in total. The highest BCUT2D eigenvalue weighted by Crippen LogP contribution is 2.33. The number of pyridine rings is 1. The first-order valence-corrected chi connectivity index (χ1v) is 13.5. The second kappa shape index (κ2) is 12.0. The third-order valence-corrected chi connectivity index (χ3v) is 7.81. The highest BCUT2D eigenvalue weighted by atomic mass is 35.5. The van der Waals surface area contributed by atoms with Gasteiger partial charge < -0.3 is 25.4 Å². The lowest BCUT2D eigenvalue weighted by molar-refractivity contribution is 0.0699. The highest BCUT2D eigenvalue weighted by molar-refractivity contribution is 6.35. The Bertz CT molecular complexity index is 976. The van der Waals surface area contributed by atoms with Crippen molar-refractivity contribution in [1.82, 2.24) is 20.3 Å². The van der Waals surface area contributed by atoms with Gasteiger partial charge in [0.2, 0.25) is 0 Å². The summed E-state index contributed by atoms with van der Waals surface area (Å²) in [5.41, 5.74) is 1.29. The summed E-state index contributed by atoms with van der Waals surface area (Å²) in [4.78, 5) is 13.6. The quantitative estimate of drug-likeness (QED) is 0.457. The molecule has 2 aliphatic heterocycles. The first kappa shape index (κ1) is 25.0. The summed E-state index contributed by atoms with van der Waals surface area (Å²) in [6.45, 7) is 4.19. The minimum Gasteiger partial charge on any atom is -0.381 e. The lowest BCUT2D eigenvalue weighted by atomic mass is 9.90. The number of halogens is 2. The minimum absolute atomic E-state index is 0.322. The van der Waals surface area contributed by atoms with Gasteiger partial charge in [-0.1, -0.05) is 23.2 Å². The largest absolute Gasteiger partial charge is 0.381 e. The van der Waals surface area contributed by atoms with Gasteiger partial charge in [-0.15, -0.1) is 0 Å². The maximum absolute atomic E-state index is 6.53. The number of hydrogen-bond acceptors (Lipinski definition) is 8. The Labute approximate surface area is 216 Å². The molecule has 2 saturated heterocycles. The van der Waals surface area contributed by atoms with Gasteiger partial charge in [-0.25, -0.2) is 15.0 Å². The molecule has 35 heavy (non-hydrogen) atoms. The summed E-state index contributed by atoms with van der Waals surface area (Å²) in [5.74, 6) is 2.04. The van der Waals surface area contributed by atoms with Crippen LogP contribution in [-0.2, 0) is 9.47 Å². The van der Waals surface area contributed by atoms with E-state index in [1.54, 1.807) is 12.4 Å². The predicted octanol–water partition coefficient (Wildman–Crippen LogP) is 4.79. The molecule has 2 aromatic rings. The normalized spacial score (nSPS) is 25.5. The molecule has 0 amide bonds. The second-order valence-electron chi connectivity index (χ2n) is 9.80. The van der Waals surface area contributed by atoms with E-state index in [-0.39, 0.29) is 0 Å². The van der Waals surface area contributed by atoms with Crippen molar-refractivity contribution in [3.63, 3.8) is 0 Å². The van der Waals surface area contributed by atoms with Gasteiger partial charge in [-0.2, -0.15) is 0 Å². The maximum Gasteiger partial charge on any atom is 0.155 e. The average molecular weight is 521 g/mol. The van der Waals surface area contributed by atoms with E-state index in [1.165, 1.54) is 0 Å². The van der Waals surface area contributed by atoms with E-state index in [4.69, 9.17) is 37.7 Å². The van der Waals surface area contributed by atoms with Crippen LogP contribution in [0.1, 0.15) is 44.9 Å². The lowest BCUT2D eigenvalue weighted by Gasteiger charge is -2.31. The fraction of sp³-hybridized carbons (Fsp3) is 0.640. The highest BCUT2D eigenvalue weighted by Gasteiger charge is 2.25. The van der Waals surface area contributed by atoms with Crippen LogP contribution in [0.2, 0.25) is 10.2 Å². The van der Waals surface area contributed by atoms with Crippen LogP contribution < -0.4 is 16.0 Å². The summed E-state index contributed by atoms with van der Waals surface area (Å²) in [7, 11) is 0. The standard InChI is InChI=1S/C25H34Cl2N6O2/c26-21-13-29-22(32-18-3-1-17(2-4-18)31-19-7-10-35-15-19)11-20(21)24-25(27)30-14-23(33-24)28-12-16-5-8-34-9-6-16/h11,13-14,16-19,31H,1-10,12,15H2,(H,28,33)(H,29,32)/t17-,18-,19?. The Morgan fingerprint density at radius 3 is 2.37 bits per heavy atom. The van der Waals surface area contributed by atoms with Crippen LogP contribution in [0.25, 0.3) is 11.3 Å². The van der Waals surface area contributed by atoms with Crippen LogP contribution in [0.4, 0.5) is 11.6 Å². The number of hydrogen-bond donors (Lipinski definition) is 3. The number of rotatable bonds is 8. The number of anilines is 2. The molecule has 1 aliphatic carbocycles. The second-order valence-corrected chi connectivity index (χ2v) is 10.6. The third-order valence-electron chi connectivity index (χ3n) is 7.23. The SMILES string of the molecule is Clc1cnc(N[C@H]2CC[C@H](NC3CCOC3)CC2)cc1-c1nc(NCC2CCOCC2)cnc1Cl. The third kappa shape index (κ3) is 6.74. The molecule has 2 aromatic heterocycles. The van der Waals surface area contributed by atoms with E-state index in [1.807, 2.05) is 6.07 Å². The molecule has 1 saturated carbocycles. The van der Waals surface area contributed by atoms with E-state index in [9.17, 15) is 0 Å². The van der Waals surface area contributed by atoms with Gasteiger partial charge in [0.05, 0.1) is 17.8 Å². The van der Waals surface area contributed by atoms with Crippen LogP contribution in [-0.4, -0.2) is 66.0 Å². The molecule has 10 heteroatoms. The molecule has 1 atom stereocenters. The van der Waals surface area contributed by atoms with Crippen molar-refractivity contribution in [3.8, 4) is 11.3 Å². The molecule has 190 valence electrons. The van der Waals surface area contributed by atoms with Gasteiger partial charge >= 0.3 is 0 Å². The summed E-state index contributed by atoms with van der Waals surface area (Å²) in [6, 6.07) is 3.39. The van der Waals surface area contributed by atoms with Gasteiger partial charge in [0.1, 0.15) is 17.3 Å². The number of aromatic nitrogens is 3. The first-order valence-electron chi connectivity index (χ1n) is 12.7. The van der Waals surface area contributed by atoms with Crippen LogP contribution >= 0.6 is 23.2 Å². The molecule has 1 unspecified atom stereocenters. The molecular formula is C25H34Cl2N6O2. The smallest absolute Gasteiger partial charge is 0.155 e. The zero-order valence-electron chi connectivity index (χ0n) is 19.9. The molecule has 3 fully saturated rings. The van der Waals surface area contributed by atoms with E-state index >= 15 is 0 Å². The summed E-state index contributed by atoms with van der Waals surface area (Å²) >= 11 is 13.0. The molecular weight excluding hydrogens is 487 g/mol. The van der Waals surface area contributed by atoms with Crippen molar-refractivity contribution in [1.29, 1.82) is 0 Å². The van der Waals surface area contributed by atoms with Crippen LogP contribution in [0, 0.1) is 5.92 Å². The van der Waals surface area contributed by atoms with Gasteiger partial charge in [-0.3, -0.25) is 0 Å². The number of nitrogens with zero attached hydrogens (tertiary/aromatic N) is 3. The predicted molar refractivity (Wildman–Crippen MR) is 139 cm³/mol. The Hall–Kier alpha value is -1.71. The molecule has 0 radical (unpaired) electrons. The molecule has 5 rings (SSSR count). The molecule has 3 aliphatic rings. The van der Waals surface area contributed by atoms with Crippen LogP contribution in [0.5, 0.6) is 0 Å². The Morgan fingerprint density at radius 2 is 1.60 bits per heavy atom. The number of ether oxygens (including phenoxy) is 2. The fourth-order valence-corrected chi connectivity index (χ4v) is 5.53. The van der Waals surface area contributed by atoms with Crippen molar-refractivity contribution < 1.29 is 9.47 Å². The van der Waals surface area contributed by atoms with Gasteiger partial charge in [0, 0.05) is 56.3 Å². The fourth-order valence-electron chi connectivity index (χ4n) is 5.14. The molecule has 4 heterocycles. The average Bonchev–Trinajstić information content (AvgIpc) is 3.40. The minimum atomic E-state index is 0.322. The monoisotopic (exact) mass is 520 g/mol. The van der Waals surface area contributed by atoms with Crippen molar-refractivity contribution >= 4 is 34.8 Å². The first-order chi connectivity index (χ1) is 17.1. The number of nitrogens with one attached hydrogen (secondary N) is 3. The van der Waals surface area contributed by atoms with E-state index in [0.717, 1.165) is 89.3 Å². The van der Waals surface area contributed by atoms with Crippen molar-refractivity contribution in [2.75, 3.05) is 43.6 Å². The topological polar surface area (TPSA) is 93.2 Å². The van der Waals surface area contributed by atoms with E-state index in [2.05, 4.69) is 25.9 Å². The molecule has 0 bridgehead atoms. The summed E-state index contributed by atoms with van der Waals surface area (Å²) in [6.07, 6.45) is 11.0. The Morgan fingerprint density at radius 1 is 0.829 bits per heavy atom. The summed E-state index contributed by atoms with van der Waals surface area (Å²) < 4.78 is 10.9. The van der Waals surface area contributed by atoms with Crippen LogP contribution in [0.15, 0.2) is 18.5 Å². The van der Waals surface area contributed by atoms with Crippen LogP contribution in [0.3, 0.4) is 0 Å². The zero-order chi connectivity index (χ0) is 24.0. The van der Waals surface area contributed by atoms with Gasteiger partial charge in [0.25, 0.3) is 0 Å². The van der Waals surface area contributed by atoms with E-state index in [0.29, 0.717) is 45.7 Å². The van der Waals surface area contributed by atoms with E-state index < -0.39 is 0 Å². The Balaban J connectivity index is 1.21. The summed E-state index contributed by atoms with van der Waals surface area (Å²) in [5, 5.41) is 11.6. The van der Waals surface area contributed by atoms with Crippen molar-refractivity contribution in [2.24, 2.45) is 5.92 Å². The molecule has 0 spiro atoms. The Kier molecular flexibility index (Phi) is 8.57. The molecule has 8 nitrogen and oxygen atoms in total. The molecule has 0 aromatic carbocycles. The lowest BCUT2D eigenvalue weighted by Crippen LogP contribution is -2.42.